The van der Waals surface area contributed by atoms with Crippen LogP contribution in [-0.4, -0.2) is 40.5 Å². The molecule has 4 heteroatoms. The average Bonchev–Trinajstić information content (AvgIpc) is 2.39. The molecule has 0 bridgehead atoms. The van der Waals surface area contributed by atoms with Crippen LogP contribution in [0.5, 0.6) is 0 Å². The molecule has 0 spiro atoms. The van der Waals surface area contributed by atoms with Crippen LogP contribution < -0.4 is 0 Å². The van der Waals surface area contributed by atoms with E-state index in [4.69, 9.17) is 18.9 Å². The van der Waals surface area contributed by atoms with E-state index in [9.17, 15) is 0 Å². The van der Waals surface area contributed by atoms with Crippen LogP contribution in [0.3, 0.4) is 0 Å². The maximum Gasteiger partial charge on any atom is 0.165 e. The lowest BCUT2D eigenvalue weighted by Crippen LogP contribution is -2.29. The zero-order chi connectivity index (χ0) is 14.0. The summed E-state index contributed by atoms with van der Waals surface area (Å²) >= 11 is 0. The Morgan fingerprint density at radius 1 is 1.11 bits per heavy atom. The molecule has 0 saturated heterocycles. The summed E-state index contributed by atoms with van der Waals surface area (Å²) in [7, 11) is 6.66. The Bertz CT molecular complexity index is 230. The Hall–Kier alpha value is -0.420. The zero-order valence-electron chi connectivity index (χ0n) is 12.6. The lowest BCUT2D eigenvalue weighted by Gasteiger charge is -2.25. The molecule has 0 heterocycles. The molecule has 0 unspecified atom stereocenters. The largest absolute Gasteiger partial charge is 0.356 e. The third-order valence-electron chi connectivity index (χ3n) is 3.26. The normalized spacial score (nSPS) is 13.4. The van der Waals surface area contributed by atoms with E-state index >= 15 is 0 Å². The van der Waals surface area contributed by atoms with E-state index in [1.165, 1.54) is 5.57 Å². The van der Waals surface area contributed by atoms with Gasteiger partial charge in [0.1, 0.15) is 0 Å². The molecule has 0 N–H and O–H groups in total. The first-order chi connectivity index (χ1) is 8.51. The summed E-state index contributed by atoms with van der Waals surface area (Å²) in [4.78, 5) is 0. The number of allylic oxidation sites excluding steroid dienone is 2. The van der Waals surface area contributed by atoms with E-state index in [1.807, 2.05) is 6.92 Å². The van der Waals surface area contributed by atoms with Crippen LogP contribution in [0.2, 0.25) is 0 Å². The van der Waals surface area contributed by atoms with Gasteiger partial charge in [0.2, 0.25) is 0 Å². The molecule has 0 aromatic heterocycles. The van der Waals surface area contributed by atoms with Gasteiger partial charge in [0.15, 0.2) is 12.1 Å². The highest BCUT2D eigenvalue weighted by molar-refractivity contribution is 4.98. The Morgan fingerprint density at radius 2 is 1.67 bits per heavy atom. The van der Waals surface area contributed by atoms with Gasteiger partial charge in [-0.2, -0.15) is 0 Å². The zero-order valence-corrected chi connectivity index (χ0v) is 12.6. The molecule has 18 heavy (non-hydrogen) atoms. The van der Waals surface area contributed by atoms with Crippen molar-refractivity contribution in [2.45, 2.75) is 51.6 Å². The minimum Gasteiger partial charge on any atom is -0.356 e. The van der Waals surface area contributed by atoms with Crippen LogP contribution in [0, 0.1) is 0 Å². The fourth-order valence-corrected chi connectivity index (χ4v) is 1.65. The molecule has 0 atom stereocenters. The maximum absolute atomic E-state index is 5.31. The van der Waals surface area contributed by atoms with Gasteiger partial charge < -0.3 is 18.9 Å². The molecule has 108 valence electrons. The molecule has 0 aromatic rings. The number of methoxy groups -OCH3 is 4. The minimum atomic E-state index is -0.488. The van der Waals surface area contributed by atoms with E-state index in [1.54, 1.807) is 28.4 Å². The second kappa shape index (κ2) is 9.50. The first-order valence-corrected chi connectivity index (χ1v) is 6.32. The predicted octanol–water partition coefficient (Wildman–Crippen LogP) is 3.12. The fraction of sp³-hybridized carbons (Fsp3) is 0.857. The van der Waals surface area contributed by atoms with Gasteiger partial charge in [-0.15, -0.1) is 0 Å². The van der Waals surface area contributed by atoms with E-state index in [0.717, 1.165) is 25.7 Å². The Morgan fingerprint density at radius 3 is 2.11 bits per heavy atom. The summed E-state index contributed by atoms with van der Waals surface area (Å²) in [6.07, 6.45) is 5.74. The van der Waals surface area contributed by atoms with E-state index < -0.39 is 5.79 Å². The maximum atomic E-state index is 5.31. The van der Waals surface area contributed by atoms with Crippen molar-refractivity contribution in [3.8, 4) is 0 Å². The highest BCUT2D eigenvalue weighted by Crippen LogP contribution is 2.19. The van der Waals surface area contributed by atoms with E-state index in [0.29, 0.717) is 0 Å². The fourth-order valence-electron chi connectivity index (χ4n) is 1.65. The molecule has 0 amide bonds. The number of rotatable bonds is 10. The standard InChI is InChI=1S/C14H28O4/c1-12(9-10-13(15-3)16-4)8-7-11-14(2,17-5)18-6/h8,13H,7,9-11H2,1-6H3/b12-8+. The van der Waals surface area contributed by atoms with Gasteiger partial charge in [-0.05, 0) is 26.7 Å². The third-order valence-corrected chi connectivity index (χ3v) is 3.26. The Labute approximate surface area is 111 Å². The highest BCUT2D eigenvalue weighted by atomic mass is 16.7. The van der Waals surface area contributed by atoms with Gasteiger partial charge in [0.25, 0.3) is 0 Å². The number of hydrogen-bond donors (Lipinski definition) is 0. The summed E-state index contributed by atoms with van der Waals surface area (Å²) in [6.45, 7) is 4.07. The molecule has 4 nitrogen and oxygen atoms in total. The van der Waals surface area contributed by atoms with Crippen molar-refractivity contribution in [2.24, 2.45) is 0 Å². The molecule has 0 fully saturated rings. The summed E-state index contributed by atoms with van der Waals surface area (Å²) in [5.41, 5.74) is 1.34. The Balaban J connectivity index is 3.97. The van der Waals surface area contributed by atoms with Crippen LogP contribution >= 0.6 is 0 Å². The van der Waals surface area contributed by atoms with Gasteiger partial charge >= 0.3 is 0 Å². The molecule has 0 rings (SSSR count). The predicted molar refractivity (Wildman–Crippen MR) is 72.5 cm³/mol. The van der Waals surface area contributed by atoms with Crippen molar-refractivity contribution in [3.63, 3.8) is 0 Å². The van der Waals surface area contributed by atoms with Crippen LogP contribution in [0.25, 0.3) is 0 Å². The first-order valence-electron chi connectivity index (χ1n) is 6.32. The van der Waals surface area contributed by atoms with Crippen LogP contribution in [0.15, 0.2) is 11.6 Å². The molecular weight excluding hydrogens is 232 g/mol. The monoisotopic (exact) mass is 260 g/mol. The molecule has 0 aromatic carbocycles. The third kappa shape index (κ3) is 7.11. The summed E-state index contributed by atoms with van der Waals surface area (Å²) < 4.78 is 20.9. The second-order valence-electron chi connectivity index (χ2n) is 4.57. The van der Waals surface area contributed by atoms with Crippen molar-refractivity contribution in [1.29, 1.82) is 0 Å². The van der Waals surface area contributed by atoms with Crippen molar-refractivity contribution >= 4 is 0 Å². The van der Waals surface area contributed by atoms with Crippen LogP contribution in [-0.2, 0) is 18.9 Å². The second-order valence-corrected chi connectivity index (χ2v) is 4.57. The lowest BCUT2D eigenvalue weighted by molar-refractivity contribution is -0.196. The smallest absolute Gasteiger partial charge is 0.165 e. The topological polar surface area (TPSA) is 36.9 Å². The molecule has 0 radical (unpaired) electrons. The van der Waals surface area contributed by atoms with Gasteiger partial charge in [0.05, 0.1) is 0 Å². The lowest BCUT2D eigenvalue weighted by atomic mass is 10.1. The van der Waals surface area contributed by atoms with Gasteiger partial charge in [-0.1, -0.05) is 11.6 Å². The first kappa shape index (κ1) is 17.6. The number of hydrogen-bond acceptors (Lipinski definition) is 4. The summed E-state index contributed by atoms with van der Waals surface area (Å²) in [5, 5.41) is 0. The van der Waals surface area contributed by atoms with Gasteiger partial charge in [0, 0.05) is 41.3 Å². The highest BCUT2D eigenvalue weighted by Gasteiger charge is 2.20. The average molecular weight is 260 g/mol. The van der Waals surface area contributed by atoms with Crippen LogP contribution in [0.1, 0.15) is 39.5 Å². The van der Waals surface area contributed by atoms with Gasteiger partial charge in [-0.25, -0.2) is 0 Å². The quantitative estimate of drug-likeness (QED) is 0.447. The van der Waals surface area contributed by atoms with Crippen molar-refractivity contribution < 1.29 is 18.9 Å². The van der Waals surface area contributed by atoms with Crippen molar-refractivity contribution in [3.05, 3.63) is 11.6 Å². The molecular formula is C14H28O4. The van der Waals surface area contributed by atoms with Crippen molar-refractivity contribution in [1.82, 2.24) is 0 Å². The van der Waals surface area contributed by atoms with Crippen molar-refractivity contribution in [2.75, 3.05) is 28.4 Å². The number of ether oxygens (including phenoxy) is 4. The molecule has 0 aliphatic carbocycles. The summed E-state index contributed by atoms with van der Waals surface area (Å²) in [5.74, 6) is -0.488. The van der Waals surface area contributed by atoms with E-state index in [-0.39, 0.29) is 6.29 Å². The molecule has 0 saturated carbocycles. The molecule has 0 aliphatic heterocycles. The Kier molecular flexibility index (Phi) is 9.28. The van der Waals surface area contributed by atoms with Gasteiger partial charge in [-0.3, -0.25) is 0 Å². The van der Waals surface area contributed by atoms with Crippen LogP contribution in [0.4, 0.5) is 0 Å². The minimum absolute atomic E-state index is 0.114. The van der Waals surface area contributed by atoms with E-state index in [2.05, 4.69) is 13.0 Å². The SMILES string of the molecule is COC(CC/C(C)=C/CCC(C)(OC)OC)OC. The molecule has 0 aliphatic rings. The summed E-state index contributed by atoms with van der Waals surface area (Å²) in [6, 6.07) is 0.